The highest BCUT2D eigenvalue weighted by atomic mass is 16.5. The Bertz CT molecular complexity index is 578. The van der Waals surface area contributed by atoms with E-state index in [2.05, 4.69) is 4.90 Å². The van der Waals surface area contributed by atoms with Gasteiger partial charge in [0.05, 0.1) is 18.3 Å². The molecule has 0 spiro atoms. The lowest BCUT2D eigenvalue weighted by Crippen LogP contribution is -2.50. The second kappa shape index (κ2) is 9.38. The molecule has 1 aliphatic carbocycles. The minimum atomic E-state index is -0.237. The third kappa shape index (κ3) is 4.98. The maximum Gasteiger partial charge on any atom is 0.257 e. The van der Waals surface area contributed by atoms with Crippen molar-refractivity contribution in [3.05, 3.63) is 29.8 Å². The molecule has 1 atom stereocenters. The number of carbonyl (C=O) groups is 1. The number of aliphatic hydroxyl groups excluding tert-OH is 1. The molecule has 1 N–H and O–H groups in total. The second-order valence-electron chi connectivity index (χ2n) is 7.56. The van der Waals surface area contributed by atoms with Crippen LogP contribution in [0.3, 0.4) is 0 Å². The molecule has 0 radical (unpaired) electrons. The number of benzene rings is 1. The quantitative estimate of drug-likeness (QED) is 0.812. The number of nitrogens with zero attached hydrogens (tertiary/aromatic N) is 2. The van der Waals surface area contributed by atoms with Gasteiger partial charge in [0.25, 0.3) is 5.91 Å². The molecule has 1 aliphatic heterocycles. The third-order valence-electron chi connectivity index (χ3n) is 5.63. The lowest BCUT2D eigenvalue weighted by Gasteiger charge is -2.36. The molecule has 2 fully saturated rings. The summed E-state index contributed by atoms with van der Waals surface area (Å²) in [7, 11) is 0. The Labute approximate surface area is 156 Å². The number of para-hydroxylation sites is 1. The van der Waals surface area contributed by atoms with E-state index < -0.39 is 0 Å². The van der Waals surface area contributed by atoms with Gasteiger partial charge in [-0.05, 0) is 31.4 Å². The summed E-state index contributed by atoms with van der Waals surface area (Å²) in [6.07, 6.45) is 5.89. The minimum Gasteiger partial charge on any atom is -0.493 e. The molecule has 1 saturated carbocycles. The molecule has 5 heteroatoms. The van der Waals surface area contributed by atoms with E-state index in [0.717, 1.165) is 26.1 Å². The van der Waals surface area contributed by atoms with Crippen molar-refractivity contribution < 1.29 is 14.6 Å². The molecular formula is C21H32N2O3. The molecule has 26 heavy (non-hydrogen) atoms. The molecule has 3 rings (SSSR count). The molecule has 0 bridgehead atoms. The Kier molecular flexibility index (Phi) is 6.92. The first-order valence-corrected chi connectivity index (χ1v) is 10.1. The summed E-state index contributed by atoms with van der Waals surface area (Å²) in [5, 5.41) is 10.4. The predicted molar refractivity (Wildman–Crippen MR) is 103 cm³/mol. The van der Waals surface area contributed by atoms with Crippen LogP contribution in [0.15, 0.2) is 24.3 Å². The summed E-state index contributed by atoms with van der Waals surface area (Å²) < 4.78 is 5.59. The van der Waals surface area contributed by atoms with Crippen LogP contribution in [-0.2, 0) is 0 Å². The van der Waals surface area contributed by atoms with Crippen molar-refractivity contribution in [2.45, 2.75) is 45.1 Å². The predicted octanol–water partition coefficient (Wildman–Crippen LogP) is 2.78. The molecule has 1 amide bonds. The highest BCUT2D eigenvalue weighted by Crippen LogP contribution is 2.28. The topological polar surface area (TPSA) is 53.0 Å². The van der Waals surface area contributed by atoms with Crippen molar-refractivity contribution >= 4 is 5.91 Å². The number of amides is 1. The van der Waals surface area contributed by atoms with Gasteiger partial charge in [0.15, 0.2) is 0 Å². The average Bonchev–Trinajstić information content (AvgIpc) is 3.15. The molecule has 1 aromatic carbocycles. The number of piperazine rings is 1. The number of β-amino-alcohol motifs (C(OH)–C–C–N with tert-alkyl or cyclic N) is 1. The molecule has 1 heterocycles. The van der Waals surface area contributed by atoms with E-state index in [1.54, 1.807) is 0 Å². The summed E-state index contributed by atoms with van der Waals surface area (Å²) >= 11 is 0. The van der Waals surface area contributed by atoms with Crippen LogP contribution in [0.1, 0.15) is 49.4 Å². The van der Waals surface area contributed by atoms with Crippen molar-refractivity contribution in [2.75, 3.05) is 39.3 Å². The van der Waals surface area contributed by atoms with E-state index >= 15 is 0 Å². The van der Waals surface area contributed by atoms with Crippen LogP contribution in [0, 0.1) is 5.92 Å². The molecule has 2 aliphatic rings. The lowest BCUT2D eigenvalue weighted by molar-refractivity contribution is 0.0480. The van der Waals surface area contributed by atoms with Gasteiger partial charge < -0.3 is 14.7 Å². The van der Waals surface area contributed by atoms with E-state index in [1.807, 2.05) is 36.1 Å². The smallest absolute Gasteiger partial charge is 0.257 e. The van der Waals surface area contributed by atoms with Crippen molar-refractivity contribution in [1.29, 1.82) is 0 Å². The van der Waals surface area contributed by atoms with Crippen LogP contribution in [0.5, 0.6) is 5.75 Å². The van der Waals surface area contributed by atoms with Crippen molar-refractivity contribution in [1.82, 2.24) is 9.80 Å². The fourth-order valence-electron chi connectivity index (χ4n) is 4.23. The van der Waals surface area contributed by atoms with E-state index in [9.17, 15) is 9.90 Å². The first kappa shape index (κ1) is 19.2. The molecule has 0 unspecified atom stereocenters. The summed E-state index contributed by atoms with van der Waals surface area (Å²) in [5.41, 5.74) is 0.643. The van der Waals surface area contributed by atoms with Gasteiger partial charge >= 0.3 is 0 Å². The number of carbonyl (C=O) groups excluding carboxylic acids is 1. The first-order valence-electron chi connectivity index (χ1n) is 10.1. The van der Waals surface area contributed by atoms with Gasteiger partial charge in [-0.2, -0.15) is 0 Å². The van der Waals surface area contributed by atoms with E-state index in [1.165, 1.54) is 25.7 Å². The zero-order valence-corrected chi connectivity index (χ0v) is 15.9. The summed E-state index contributed by atoms with van der Waals surface area (Å²) in [5.74, 6) is 1.41. The van der Waals surface area contributed by atoms with Gasteiger partial charge in [-0.15, -0.1) is 0 Å². The summed E-state index contributed by atoms with van der Waals surface area (Å²) in [4.78, 5) is 17.0. The largest absolute Gasteiger partial charge is 0.493 e. The van der Waals surface area contributed by atoms with Crippen molar-refractivity contribution in [3.8, 4) is 5.75 Å². The summed E-state index contributed by atoms with van der Waals surface area (Å²) in [6, 6.07) is 7.47. The maximum atomic E-state index is 12.8. The average molecular weight is 360 g/mol. The fourth-order valence-corrected chi connectivity index (χ4v) is 4.23. The fraction of sp³-hybridized carbons (Fsp3) is 0.667. The maximum absolute atomic E-state index is 12.8. The summed E-state index contributed by atoms with van der Waals surface area (Å²) in [6.45, 7) is 6.27. The number of aliphatic hydroxyl groups is 1. The normalized spacial score (nSPS) is 20.3. The minimum absolute atomic E-state index is 0.0419. The number of hydrogen-bond acceptors (Lipinski definition) is 4. The zero-order valence-electron chi connectivity index (χ0n) is 15.9. The van der Waals surface area contributed by atoms with Crippen LogP contribution in [0.2, 0.25) is 0 Å². The van der Waals surface area contributed by atoms with Crippen LogP contribution in [0.25, 0.3) is 0 Å². The van der Waals surface area contributed by atoms with Gasteiger partial charge in [-0.3, -0.25) is 9.69 Å². The van der Waals surface area contributed by atoms with Gasteiger partial charge in [-0.25, -0.2) is 0 Å². The van der Waals surface area contributed by atoms with Crippen LogP contribution < -0.4 is 4.74 Å². The number of rotatable bonds is 7. The second-order valence-corrected chi connectivity index (χ2v) is 7.56. The first-order chi connectivity index (χ1) is 12.7. The molecule has 1 saturated heterocycles. The molecule has 1 aromatic rings. The molecule has 0 aromatic heterocycles. The van der Waals surface area contributed by atoms with Crippen LogP contribution in [-0.4, -0.2) is 66.2 Å². The third-order valence-corrected chi connectivity index (χ3v) is 5.63. The Balaban J connectivity index is 1.48. The Morgan fingerprint density at radius 3 is 2.58 bits per heavy atom. The van der Waals surface area contributed by atoms with E-state index in [0.29, 0.717) is 36.9 Å². The van der Waals surface area contributed by atoms with Crippen LogP contribution >= 0.6 is 0 Å². The van der Waals surface area contributed by atoms with Gasteiger partial charge in [0.2, 0.25) is 0 Å². The number of ether oxygens (including phenoxy) is 1. The monoisotopic (exact) mass is 360 g/mol. The van der Waals surface area contributed by atoms with Crippen molar-refractivity contribution in [3.63, 3.8) is 0 Å². The Morgan fingerprint density at radius 1 is 1.19 bits per heavy atom. The van der Waals surface area contributed by atoms with E-state index in [-0.39, 0.29) is 12.0 Å². The molecule has 5 nitrogen and oxygen atoms in total. The van der Waals surface area contributed by atoms with Crippen molar-refractivity contribution in [2.24, 2.45) is 5.92 Å². The Hall–Kier alpha value is -1.59. The van der Waals surface area contributed by atoms with Gasteiger partial charge in [-0.1, -0.05) is 37.8 Å². The molecular weight excluding hydrogens is 328 g/mol. The van der Waals surface area contributed by atoms with Crippen LogP contribution in [0.4, 0.5) is 0 Å². The van der Waals surface area contributed by atoms with Gasteiger partial charge in [0, 0.05) is 32.7 Å². The highest BCUT2D eigenvalue weighted by Gasteiger charge is 2.26. The SMILES string of the molecule is CCOc1ccccc1C(=O)N1CCN(C[C@@H](O)CC2CCCC2)CC1. The van der Waals surface area contributed by atoms with Gasteiger partial charge in [0.1, 0.15) is 5.75 Å². The standard InChI is InChI=1S/C21H32N2O3/c1-2-26-20-10-6-5-9-19(20)21(25)23-13-11-22(12-14-23)16-18(24)15-17-7-3-4-8-17/h5-6,9-10,17-18,24H,2-4,7-8,11-16H2,1H3/t18-/m0/s1. The highest BCUT2D eigenvalue weighted by molar-refractivity contribution is 5.97. The molecule has 144 valence electrons. The number of hydrogen-bond donors (Lipinski definition) is 1. The lowest BCUT2D eigenvalue weighted by atomic mass is 9.99. The Morgan fingerprint density at radius 2 is 1.88 bits per heavy atom. The van der Waals surface area contributed by atoms with E-state index in [4.69, 9.17) is 4.74 Å². The zero-order chi connectivity index (χ0) is 18.4.